The number of aliphatic carboxylic acids is 1. The SMILES string of the molecule is CC(C(=O)O)C(c1ccc(O)cc1)c1ccc(O)cc1. The van der Waals surface area contributed by atoms with Gasteiger partial charge in [0.25, 0.3) is 0 Å². The van der Waals surface area contributed by atoms with Crippen LogP contribution in [0.2, 0.25) is 0 Å². The van der Waals surface area contributed by atoms with E-state index in [2.05, 4.69) is 0 Å². The number of aromatic hydroxyl groups is 2. The molecule has 0 aliphatic carbocycles. The molecule has 0 amide bonds. The first-order chi connectivity index (χ1) is 9.49. The number of carboxylic acids is 1. The number of benzene rings is 2. The lowest BCUT2D eigenvalue weighted by Gasteiger charge is -2.22. The second-order valence-corrected chi connectivity index (χ2v) is 4.79. The van der Waals surface area contributed by atoms with Gasteiger partial charge in [0, 0.05) is 5.92 Å². The highest BCUT2D eigenvalue weighted by Crippen LogP contribution is 2.33. The van der Waals surface area contributed by atoms with Gasteiger partial charge in [-0.2, -0.15) is 0 Å². The molecular weight excluding hydrogens is 256 g/mol. The third kappa shape index (κ3) is 2.91. The van der Waals surface area contributed by atoms with Crippen LogP contribution in [0.1, 0.15) is 24.0 Å². The van der Waals surface area contributed by atoms with Crippen LogP contribution in [0.15, 0.2) is 48.5 Å². The lowest BCUT2D eigenvalue weighted by molar-refractivity contribution is -0.141. The lowest BCUT2D eigenvalue weighted by atomic mass is 9.81. The largest absolute Gasteiger partial charge is 0.508 e. The Labute approximate surface area is 116 Å². The molecule has 104 valence electrons. The molecular formula is C16H16O4. The summed E-state index contributed by atoms with van der Waals surface area (Å²) in [5.74, 6) is -1.57. The zero-order valence-corrected chi connectivity index (χ0v) is 11.0. The predicted molar refractivity (Wildman–Crippen MR) is 74.9 cm³/mol. The van der Waals surface area contributed by atoms with Crippen molar-refractivity contribution in [2.75, 3.05) is 0 Å². The van der Waals surface area contributed by atoms with E-state index in [4.69, 9.17) is 0 Å². The van der Waals surface area contributed by atoms with Gasteiger partial charge in [-0.05, 0) is 35.4 Å². The monoisotopic (exact) mass is 272 g/mol. The Balaban J connectivity index is 2.46. The van der Waals surface area contributed by atoms with Crippen molar-refractivity contribution < 1.29 is 20.1 Å². The summed E-state index contributed by atoms with van der Waals surface area (Å²) in [5, 5.41) is 28.0. The first-order valence-electron chi connectivity index (χ1n) is 6.29. The van der Waals surface area contributed by atoms with Crippen molar-refractivity contribution in [3.05, 3.63) is 59.7 Å². The van der Waals surface area contributed by atoms with Crippen molar-refractivity contribution in [2.45, 2.75) is 12.8 Å². The minimum absolute atomic E-state index is 0.140. The maximum Gasteiger partial charge on any atom is 0.307 e. The molecule has 2 aromatic rings. The van der Waals surface area contributed by atoms with Crippen molar-refractivity contribution in [1.82, 2.24) is 0 Å². The number of hydrogen-bond acceptors (Lipinski definition) is 3. The molecule has 2 rings (SSSR count). The number of rotatable bonds is 4. The van der Waals surface area contributed by atoms with Crippen molar-refractivity contribution in [3.63, 3.8) is 0 Å². The van der Waals surface area contributed by atoms with E-state index in [1.54, 1.807) is 31.2 Å². The second kappa shape index (κ2) is 5.65. The van der Waals surface area contributed by atoms with Gasteiger partial charge in [-0.25, -0.2) is 0 Å². The molecule has 0 radical (unpaired) electrons. The van der Waals surface area contributed by atoms with Gasteiger partial charge in [0.15, 0.2) is 0 Å². The summed E-state index contributed by atoms with van der Waals surface area (Å²) in [6.07, 6.45) is 0. The summed E-state index contributed by atoms with van der Waals surface area (Å²) in [7, 11) is 0. The Morgan fingerprint density at radius 2 is 1.20 bits per heavy atom. The van der Waals surface area contributed by atoms with E-state index in [0.29, 0.717) is 0 Å². The summed E-state index contributed by atoms with van der Waals surface area (Å²) in [6, 6.07) is 13.0. The van der Waals surface area contributed by atoms with Gasteiger partial charge in [0.05, 0.1) is 5.92 Å². The van der Waals surface area contributed by atoms with E-state index in [1.807, 2.05) is 0 Å². The van der Waals surface area contributed by atoms with Gasteiger partial charge < -0.3 is 15.3 Å². The van der Waals surface area contributed by atoms with E-state index < -0.39 is 11.9 Å². The zero-order chi connectivity index (χ0) is 14.7. The summed E-state index contributed by atoms with van der Waals surface area (Å²) in [6.45, 7) is 1.65. The molecule has 0 fully saturated rings. The van der Waals surface area contributed by atoms with Crippen molar-refractivity contribution in [3.8, 4) is 11.5 Å². The maximum atomic E-state index is 11.3. The van der Waals surface area contributed by atoms with Crippen LogP contribution in [0.5, 0.6) is 11.5 Å². The molecule has 0 saturated heterocycles. The van der Waals surface area contributed by atoms with E-state index in [-0.39, 0.29) is 17.4 Å². The molecule has 0 bridgehead atoms. The quantitative estimate of drug-likeness (QED) is 0.799. The van der Waals surface area contributed by atoms with Crippen LogP contribution in [0.3, 0.4) is 0 Å². The van der Waals surface area contributed by atoms with Gasteiger partial charge in [-0.3, -0.25) is 4.79 Å². The van der Waals surface area contributed by atoms with Crippen molar-refractivity contribution >= 4 is 5.97 Å². The standard InChI is InChI=1S/C16H16O4/c1-10(16(19)20)15(11-2-6-13(17)7-3-11)12-4-8-14(18)9-5-12/h2-10,15,17-18H,1H3,(H,19,20). The number of phenols is 2. The fourth-order valence-corrected chi connectivity index (χ4v) is 2.28. The van der Waals surface area contributed by atoms with Crippen LogP contribution in [-0.2, 0) is 4.79 Å². The molecule has 4 nitrogen and oxygen atoms in total. The van der Waals surface area contributed by atoms with Gasteiger partial charge in [0.1, 0.15) is 11.5 Å². The fraction of sp³-hybridized carbons (Fsp3) is 0.188. The average molecular weight is 272 g/mol. The Hall–Kier alpha value is -2.49. The predicted octanol–water partition coefficient (Wildman–Crippen LogP) is 2.95. The minimum Gasteiger partial charge on any atom is -0.508 e. The minimum atomic E-state index is -0.892. The molecule has 1 unspecified atom stereocenters. The van der Waals surface area contributed by atoms with E-state index in [9.17, 15) is 20.1 Å². The molecule has 0 saturated carbocycles. The number of hydrogen-bond donors (Lipinski definition) is 3. The molecule has 1 atom stereocenters. The highest BCUT2D eigenvalue weighted by molar-refractivity contribution is 5.72. The molecule has 2 aromatic carbocycles. The number of phenolic OH excluding ortho intramolecular Hbond substituents is 2. The van der Waals surface area contributed by atoms with Crippen LogP contribution in [0.4, 0.5) is 0 Å². The molecule has 4 heteroatoms. The Kier molecular flexibility index (Phi) is 3.94. The Bertz CT molecular complexity index is 541. The van der Waals surface area contributed by atoms with Gasteiger partial charge in [-0.1, -0.05) is 31.2 Å². The van der Waals surface area contributed by atoms with Gasteiger partial charge >= 0.3 is 5.97 Å². The van der Waals surface area contributed by atoms with Gasteiger partial charge in [0.2, 0.25) is 0 Å². The average Bonchev–Trinajstić information content (AvgIpc) is 2.43. The molecule has 0 aliphatic rings. The zero-order valence-electron chi connectivity index (χ0n) is 11.0. The van der Waals surface area contributed by atoms with E-state index >= 15 is 0 Å². The smallest absolute Gasteiger partial charge is 0.307 e. The lowest BCUT2D eigenvalue weighted by Crippen LogP contribution is -2.20. The number of carbonyl (C=O) groups is 1. The molecule has 0 heterocycles. The van der Waals surface area contributed by atoms with E-state index in [0.717, 1.165) is 11.1 Å². The molecule has 3 N–H and O–H groups in total. The van der Waals surface area contributed by atoms with Crippen LogP contribution < -0.4 is 0 Å². The molecule has 0 aromatic heterocycles. The number of carboxylic acid groups (broad SMARTS) is 1. The third-order valence-electron chi connectivity index (χ3n) is 3.39. The topological polar surface area (TPSA) is 77.8 Å². The maximum absolute atomic E-state index is 11.3. The summed E-state index contributed by atoms with van der Waals surface area (Å²) < 4.78 is 0. The van der Waals surface area contributed by atoms with Gasteiger partial charge in [-0.15, -0.1) is 0 Å². The summed E-state index contributed by atoms with van der Waals surface area (Å²) in [5.41, 5.74) is 1.62. The van der Waals surface area contributed by atoms with Crippen LogP contribution >= 0.6 is 0 Å². The first kappa shape index (κ1) is 13.9. The third-order valence-corrected chi connectivity index (χ3v) is 3.39. The van der Waals surface area contributed by atoms with Crippen molar-refractivity contribution in [1.29, 1.82) is 0 Å². The highest BCUT2D eigenvalue weighted by Gasteiger charge is 2.26. The molecule has 0 aliphatic heterocycles. The van der Waals surface area contributed by atoms with Crippen LogP contribution in [0.25, 0.3) is 0 Å². The Morgan fingerprint density at radius 3 is 1.50 bits per heavy atom. The summed E-state index contributed by atoms with van der Waals surface area (Å²) in [4.78, 5) is 11.3. The van der Waals surface area contributed by atoms with Crippen molar-refractivity contribution in [2.24, 2.45) is 5.92 Å². The molecule has 0 spiro atoms. The van der Waals surface area contributed by atoms with Crippen LogP contribution in [-0.4, -0.2) is 21.3 Å². The highest BCUT2D eigenvalue weighted by atomic mass is 16.4. The first-order valence-corrected chi connectivity index (χ1v) is 6.29. The second-order valence-electron chi connectivity index (χ2n) is 4.79. The van der Waals surface area contributed by atoms with E-state index in [1.165, 1.54) is 24.3 Å². The van der Waals surface area contributed by atoms with Crippen LogP contribution in [0, 0.1) is 5.92 Å². The fourth-order valence-electron chi connectivity index (χ4n) is 2.28. The Morgan fingerprint density at radius 1 is 0.850 bits per heavy atom. The summed E-state index contributed by atoms with van der Waals surface area (Å²) >= 11 is 0. The normalized spacial score (nSPS) is 12.3. The molecule has 20 heavy (non-hydrogen) atoms.